The molecule has 0 bridgehead atoms. The molecule has 9 heteroatoms. The van der Waals surface area contributed by atoms with Crippen molar-refractivity contribution in [1.82, 2.24) is 14.6 Å². The zero-order valence-electron chi connectivity index (χ0n) is 20.7. The Morgan fingerprint density at radius 1 is 1.09 bits per heavy atom. The van der Waals surface area contributed by atoms with Crippen LogP contribution in [0.1, 0.15) is 58.2 Å². The molecule has 1 atom stereocenters. The summed E-state index contributed by atoms with van der Waals surface area (Å²) in [6.07, 6.45) is 1.72. The van der Waals surface area contributed by atoms with Crippen molar-refractivity contribution >= 4 is 38.2 Å². The Kier molecular flexibility index (Phi) is 8.54. The number of amides is 1. The second kappa shape index (κ2) is 11.0. The lowest BCUT2D eigenvalue weighted by Crippen LogP contribution is -2.51. The lowest BCUT2D eigenvalue weighted by Gasteiger charge is -2.30. The van der Waals surface area contributed by atoms with Crippen molar-refractivity contribution < 1.29 is 17.6 Å². The molecule has 186 valence electrons. The van der Waals surface area contributed by atoms with Crippen LogP contribution in [0.15, 0.2) is 45.2 Å². The molecule has 0 radical (unpaired) electrons. The van der Waals surface area contributed by atoms with Gasteiger partial charge >= 0.3 is 0 Å². The average Bonchev–Trinajstić information content (AvgIpc) is 3.40. The third kappa shape index (κ3) is 6.67. The molecule has 0 spiro atoms. The number of furan rings is 1. The number of benzene rings is 1. The fraction of sp³-hybridized carbons (Fsp3) is 0.520. The number of nitrogens with zero attached hydrogens (tertiary/aromatic N) is 2. The maximum Gasteiger partial charge on any atom is 0.241 e. The Morgan fingerprint density at radius 2 is 1.76 bits per heavy atom. The summed E-state index contributed by atoms with van der Waals surface area (Å²) < 4.78 is 34.7. The Labute approximate surface area is 206 Å². The third-order valence-corrected chi connectivity index (χ3v) is 7.95. The Morgan fingerprint density at radius 3 is 2.35 bits per heavy atom. The largest absolute Gasteiger partial charge is 0.464 e. The molecule has 3 rings (SSSR count). The summed E-state index contributed by atoms with van der Waals surface area (Å²) in [5.74, 6) is 0.560. The van der Waals surface area contributed by atoms with Crippen LogP contribution in [-0.2, 0) is 21.2 Å². The molecular formula is C25H35N3O4S2. The standard InChI is InChI=1S/C25H35N3O4S2/c1-16(2)13-28(14-17(3)4)25(29)22(12-20-15-33-24(26-20)18(5)6)27-34(30,31)21-7-8-23-19(11-21)9-10-32-23/h7-11,15-18,22,27H,12-14H2,1-6H3/t22-/m0/s1. The number of carbonyl (C=O) groups is 1. The highest BCUT2D eigenvalue weighted by Crippen LogP contribution is 2.23. The number of carbonyl (C=O) groups excluding carboxylic acids is 1. The van der Waals surface area contributed by atoms with Crippen LogP contribution in [0, 0.1) is 11.8 Å². The highest BCUT2D eigenvalue weighted by molar-refractivity contribution is 7.89. The summed E-state index contributed by atoms with van der Waals surface area (Å²) >= 11 is 1.53. The van der Waals surface area contributed by atoms with Gasteiger partial charge in [0.15, 0.2) is 0 Å². The van der Waals surface area contributed by atoms with E-state index in [2.05, 4.69) is 51.2 Å². The molecule has 2 heterocycles. The number of rotatable bonds is 11. The van der Waals surface area contributed by atoms with E-state index in [0.717, 1.165) is 5.01 Å². The third-order valence-electron chi connectivity index (χ3n) is 5.29. The highest BCUT2D eigenvalue weighted by Gasteiger charge is 2.31. The summed E-state index contributed by atoms with van der Waals surface area (Å²) in [7, 11) is -3.96. The molecule has 2 aromatic heterocycles. The van der Waals surface area contributed by atoms with E-state index in [0.29, 0.717) is 29.8 Å². The minimum absolute atomic E-state index is 0.0969. The van der Waals surface area contributed by atoms with Crippen molar-refractivity contribution in [1.29, 1.82) is 0 Å². The number of thiazole rings is 1. The van der Waals surface area contributed by atoms with Crippen molar-refractivity contribution in [2.45, 2.75) is 64.8 Å². The Hall–Kier alpha value is -2.23. The van der Waals surface area contributed by atoms with Gasteiger partial charge in [0.05, 0.1) is 21.9 Å². The molecule has 0 saturated carbocycles. The van der Waals surface area contributed by atoms with Crippen LogP contribution in [0.25, 0.3) is 11.0 Å². The number of fused-ring (bicyclic) bond motifs is 1. The van der Waals surface area contributed by atoms with Crippen LogP contribution >= 0.6 is 11.3 Å². The van der Waals surface area contributed by atoms with Gasteiger partial charge in [-0.25, -0.2) is 13.4 Å². The van der Waals surface area contributed by atoms with Gasteiger partial charge < -0.3 is 9.32 Å². The van der Waals surface area contributed by atoms with Crippen LogP contribution in [0.5, 0.6) is 0 Å². The summed E-state index contributed by atoms with van der Waals surface area (Å²) in [6.45, 7) is 13.4. The van der Waals surface area contributed by atoms with Crippen molar-refractivity contribution in [2.24, 2.45) is 11.8 Å². The molecular weight excluding hydrogens is 470 g/mol. The first-order valence-corrected chi connectivity index (χ1v) is 14.0. The van der Waals surface area contributed by atoms with E-state index in [4.69, 9.17) is 4.42 Å². The van der Waals surface area contributed by atoms with Gasteiger partial charge in [0, 0.05) is 36.2 Å². The first kappa shape index (κ1) is 26.4. The van der Waals surface area contributed by atoms with Crippen LogP contribution < -0.4 is 4.72 Å². The molecule has 0 fully saturated rings. The predicted molar refractivity (Wildman–Crippen MR) is 136 cm³/mol. The molecule has 7 nitrogen and oxygen atoms in total. The van der Waals surface area contributed by atoms with Crippen molar-refractivity contribution in [3.63, 3.8) is 0 Å². The number of aromatic nitrogens is 1. The van der Waals surface area contributed by atoms with E-state index in [9.17, 15) is 13.2 Å². The molecule has 0 aliphatic rings. The van der Waals surface area contributed by atoms with Gasteiger partial charge in [0.25, 0.3) is 0 Å². The lowest BCUT2D eigenvalue weighted by molar-refractivity contribution is -0.134. The minimum atomic E-state index is -3.96. The van der Waals surface area contributed by atoms with Crippen molar-refractivity contribution in [3.8, 4) is 0 Å². The number of nitrogens with one attached hydrogen (secondary N) is 1. The Bertz CT molecular complexity index is 1200. The van der Waals surface area contributed by atoms with Gasteiger partial charge in [-0.15, -0.1) is 11.3 Å². The molecule has 1 amide bonds. The average molecular weight is 506 g/mol. The molecule has 0 saturated heterocycles. The van der Waals surface area contributed by atoms with Gasteiger partial charge in [-0.05, 0) is 36.1 Å². The van der Waals surface area contributed by atoms with Crippen molar-refractivity contribution in [2.75, 3.05) is 13.1 Å². The fourth-order valence-electron chi connectivity index (χ4n) is 3.79. The fourth-order valence-corrected chi connectivity index (χ4v) is 5.87. The first-order valence-electron chi connectivity index (χ1n) is 11.7. The second-order valence-electron chi connectivity index (χ2n) is 9.86. The van der Waals surface area contributed by atoms with Gasteiger partial charge in [-0.2, -0.15) is 4.72 Å². The first-order chi connectivity index (χ1) is 16.0. The van der Waals surface area contributed by atoms with Crippen LogP contribution in [0.4, 0.5) is 0 Å². The Balaban J connectivity index is 1.93. The summed E-state index contributed by atoms with van der Waals surface area (Å²) in [5, 5.41) is 3.57. The molecule has 0 unspecified atom stereocenters. The molecule has 1 N–H and O–H groups in total. The maximum atomic E-state index is 13.7. The summed E-state index contributed by atoms with van der Waals surface area (Å²) in [6, 6.07) is 5.44. The van der Waals surface area contributed by atoms with E-state index >= 15 is 0 Å². The van der Waals surface area contributed by atoms with Crippen LogP contribution in [0.2, 0.25) is 0 Å². The normalized spacial score (nSPS) is 13.3. The predicted octanol–water partition coefficient (Wildman–Crippen LogP) is 5.04. The van der Waals surface area contributed by atoms with E-state index < -0.39 is 16.1 Å². The maximum absolute atomic E-state index is 13.7. The molecule has 34 heavy (non-hydrogen) atoms. The zero-order valence-corrected chi connectivity index (χ0v) is 22.4. The molecule has 3 aromatic rings. The SMILES string of the molecule is CC(C)CN(CC(C)C)C(=O)[C@H](Cc1csc(C(C)C)n1)NS(=O)(=O)c1ccc2occc2c1. The number of sulfonamides is 1. The smallest absolute Gasteiger partial charge is 0.241 e. The molecule has 0 aliphatic heterocycles. The van der Waals surface area contributed by atoms with Gasteiger partial charge in [0.1, 0.15) is 11.6 Å². The van der Waals surface area contributed by atoms with E-state index in [1.54, 1.807) is 23.1 Å². The quantitative estimate of drug-likeness (QED) is 0.394. The molecule has 1 aromatic carbocycles. The topological polar surface area (TPSA) is 92.5 Å². The number of hydrogen-bond donors (Lipinski definition) is 1. The van der Waals surface area contributed by atoms with Gasteiger partial charge in [-0.1, -0.05) is 41.5 Å². The van der Waals surface area contributed by atoms with E-state index in [1.807, 2.05) is 5.38 Å². The van der Waals surface area contributed by atoms with E-state index in [1.165, 1.54) is 23.7 Å². The van der Waals surface area contributed by atoms with Gasteiger partial charge in [-0.3, -0.25) is 4.79 Å². The van der Waals surface area contributed by atoms with Crippen LogP contribution in [0.3, 0.4) is 0 Å². The highest BCUT2D eigenvalue weighted by atomic mass is 32.2. The van der Waals surface area contributed by atoms with Crippen molar-refractivity contribution in [3.05, 3.63) is 46.6 Å². The number of hydrogen-bond acceptors (Lipinski definition) is 6. The molecule has 0 aliphatic carbocycles. The van der Waals surface area contributed by atoms with Crippen LogP contribution in [-0.4, -0.2) is 43.3 Å². The second-order valence-corrected chi connectivity index (χ2v) is 12.5. The zero-order chi connectivity index (χ0) is 25.0. The van der Waals surface area contributed by atoms with E-state index in [-0.39, 0.29) is 35.0 Å². The minimum Gasteiger partial charge on any atom is -0.464 e. The summed E-state index contributed by atoms with van der Waals surface area (Å²) in [4.78, 5) is 20.2. The van der Waals surface area contributed by atoms with Gasteiger partial charge in [0.2, 0.25) is 15.9 Å². The monoisotopic (exact) mass is 505 g/mol. The summed E-state index contributed by atoms with van der Waals surface area (Å²) in [5.41, 5.74) is 1.32. The lowest BCUT2D eigenvalue weighted by atomic mass is 10.1.